The van der Waals surface area contributed by atoms with Gasteiger partial charge in [0.05, 0.1) is 0 Å². The number of aromatic nitrogens is 1. The summed E-state index contributed by atoms with van der Waals surface area (Å²) in [5, 5.41) is 9.83. The Labute approximate surface area is 152 Å². The zero-order valence-electron chi connectivity index (χ0n) is 14.3. The number of benzene rings is 1. The fourth-order valence-electron chi connectivity index (χ4n) is 3.31. The van der Waals surface area contributed by atoms with E-state index in [2.05, 4.69) is 20.9 Å². The van der Waals surface area contributed by atoms with E-state index in [9.17, 15) is 9.90 Å². The van der Waals surface area contributed by atoms with Crippen LogP contribution in [-0.2, 0) is 11.3 Å². The molecule has 132 valence electrons. The van der Waals surface area contributed by atoms with Crippen LogP contribution < -0.4 is 0 Å². The van der Waals surface area contributed by atoms with Crippen LogP contribution in [0.1, 0.15) is 17.2 Å². The van der Waals surface area contributed by atoms with Crippen molar-refractivity contribution in [2.45, 2.75) is 17.5 Å². The second kappa shape index (κ2) is 8.47. The summed E-state index contributed by atoms with van der Waals surface area (Å²) in [5.74, 6) is -0.776. The SMILES string of the molecule is CSc1ccccc1[C@@H](C(=O)O)N1CCN(Cc2cccnc2)CC1. The normalized spacial score (nSPS) is 17.3. The molecule has 1 saturated heterocycles. The smallest absolute Gasteiger partial charge is 0.325 e. The van der Waals surface area contributed by atoms with Gasteiger partial charge in [0, 0.05) is 50.0 Å². The Morgan fingerprint density at radius 3 is 2.60 bits per heavy atom. The quantitative estimate of drug-likeness (QED) is 0.803. The molecular weight excluding hydrogens is 334 g/mol. The Morgan fingerprint density at radius 1 is 1.20 bits per heavy atom. The summed E-state index contributed by atoms with van der Waals surface area (Å²) in [5.41, 5.74) is 2.08. The molecule has 0 spiro atoms. The second-order valence-electron chi connectivity index (χ2n) is 6.16. The van der Waals surface area contributed by atoms with Crippen molar-refractivity contribution in [2.75, 3.05) is 32.4 Å². The number of pyridine rings is 1. The number of aliphatic carboxylic acids is 1. The zero-order valence-corrected chi connectivity index (χ0v) is 15.2. The lowest BCUT2D eigenvalue weighted by molar-refractivity contribution is -0.144. The van der Waals surface area contributed by atoms with E-state index in [0.717, 1.165) is 43.2 Å². The second-order valence-corrected chi connectivity index (χ2v) is 7.00. The first-order chi connectivity index (χ1) is 12.2. The topological polar surface area (TPSA) is 56.7 Å². The van der Waals surface area contributed by atoms with Crippen molar-refractivity contribution in [1.29, 1.82) is 0 Å². The summed E-state index contributed by atoms with van der Waals surface area (Å²) >= 11 is 1.60. The molecule has 1 fully saturated rings. The molecule has 0 unspecified atom stereocenters. The number of hydrogen-bond acceptors (Lipinski definition) is 5. The molecule has 6 heteroatoms. The summed E-state index contributed by atoms with van der Waals surface area (Å²) < 4.78 is 0. The van der Waals surface area contributed by atoms with Crippen molar-refractivity contribution in [2.24, 2.45) is 0 Å². The van der Waals surface area contributed by atoms with Gasteiger partial charge in [-0.2, -0.15) is 0 Å². The molecule has 2 aromatic rings. The lowest BCUT2D eigenvalue weighted by Gasteiger charge is -2.38. The Hall–Kier alpha value is -1.89. The zero-order chi connectivity index (χ0) is 17.6. The maximum absolute atomic E-state index is 12.0. The van der Waals surface area contributed by atoms with Gasteiger partial charge >= 0.3 is 5.97 Å². The van der Waals surface area contributed by atoms with E-state index in [0.29, 0.717) is 0 Å². The Bertz CT molecular complexity index is 703. The van der Waals surface area contributed by atoms with Crippen molar-refractivity contribution in [3.63, 3.8) is 0 Å². The summed E-state index contributed by atoms with van der Waals surface area (Å²) in [6.45, 7) is 4.08. The third-order valence-corrected chi connectivity index (χ3v) is 5.38. The first-order valence-corrected chi connectivity index (χ1v) is 9.62. The predicted octanol–water partition coefficient (Wildman–Crippen LogP) is 2.75. The van der Waals surface area contributed by atoms with E-state index in [1.54, 1.807) is 18.0 Å². The van der Waals surface area contributed by atoms with Crippen LogP contribution in [0.15, 0.2) is 53.7 Å². The van der Waals surface area contributed by atoms with Gasteiger partial charge in [0.15, 0.2) is 0 Å². The molecule has 1 aromatic carbocycles. The fourth-order valence-corrected chi connectivity index (χ4v) is 3.94. The van der Waals surface area contributed by atoms with Crippen molar-refractivity contribution in [1.82, 2.24) is 14.8 Å². The van der Waals surface area contributed by atoms with Gasteiger partial charge in [-0.3, -0.25) is 19.6 Å². The third kappa shape index (κ3) is 4.39. The molecule has 0 saturated carbocycles. The van der Waals surface area contributed by atoms with E-state index in [1.807, 2.05) is 42.8 Å². The number of thioether (sulfide) groups is 1. The molecular formula is C19H23N3O2S. The summed E-state index contributed by atoms with van der Waals surface area (Å²) in [6.07, 6.45) is 5.66. The lowest BCUT2D eigenvalue weighted by Crippen LogP contribution is -2.48. The van der Waals surface area contributed by atoms with Crippen LogP contribution in [0, 0.1) is 0 Å². The van der Waals surface area contributed by atoms with Gasteiger partial charge in [-0.1, -0.05) is 24.3 Å². The predicted molar refractivity (Wildman–Crippen MR) is 99.7 cm³/mol. The Balaban J connectivity index is 1.68. The molecule has 25 heavy (non-hydrogen) atoms. The molecule has 1 atom stereocenters. The standard InChI is InChI=1S/C19H23N3O2S/c1-25-17-7-3-2-6-16(17)18(19(23)24)22-11-9-21(10-12-22)14-15-5-4-8-20-13-15/h2-8,13,18H,9-12,14H2,1H3,(H,23,24)/t18-/m0/s1. The van der Waals surface area contributed by atoms with Gasteiger partial charge in [-0.05, 0) is 29.5 Å². The summed E-state index contributed by atoms with van der Waals surface area (Å²) in [7, 11) is 0. The monoisotopic (exact) mass is 357 g/mol. The average molecular weight is 357 g/mol. The molecule has 3 rings (SSSR count). The molecule has 2 heterocycles. The highest BCUT2D eigenvalue weighted by Crippen LogP contribution is 2.30. The van der Waals surface area contributed by atoms with E-state index in [-0.39, 0.29) is 0 Å². The van der Waals surface area contributed by atoms with Gasteiger partial charge in [-0.15, -0.1) is 11.8 Å². The maximum atomic E-state index is 12.0. The lowest BCUT2D eigenvalue weighted by atomic mass is 10.0. The van der Waals surface area contributed by atoms with E-state index < -0.39 is 12.0 Å². The third-order valence-electron chi connectivity index (χ3n) is 4.57. The molecule has 0 aliphatic carbocycles. The molecule has 1 aliphatic rings. The van der Waals surface area contributed by atoms with Crippen molar-refractivity contribution >= 4 is 17.7 Å². The molecule has 0 bridgehead atoms. The number of hydrogen-bond donors (Lipinski definition) is 1. The van der Waals surface area contributed by atoms with Gasteiger partial charge in [0.2, 0.25) is 0 Å². The van der Waals surface area contributed by atoms with Crippen molar-refractivity contribution < 1.29 is 9.90 Å². The van der Waals surface area contributed by atoms with Crippen molar-refractivity contribution in [3.05, 3.63) is 59.9 Å². The van der Waals surface area contributed by atoms with Crippen LogP contribution in [0.4, 0.5) is 0 Å². The van der Waals surface area contributed by atoms with E-state index in [4.69, 9.17) is 0 Å². The van der Waals surface area contributed by atoms with Crippen LogP contribution in [-0.4, -0.2) is 58.3 Å². The highest BCUT2D eigenvalue weighted by atomic mass is 32.2. The van der Waals surface area contributed by atoms with E-state index in [1.165, 1.54) is 5.56 Å². The first kappa shape index (κ1) is 17.9. The molecule has 1 N–H and O–H groups in total. The summed E-state index contributed by atoms with van der Waals surface area (Å²) in [4.78, 5) is 21.6. The number of nitrogens with zero attached hydrogens (tertiary/aromatic N) is 3. The van der Waals surface area contributed by atoms with Gasteiger partial charge < -0.3 is 5.11 Å². The van der Waals surface area contributed by atoms with E-state index >= 15 is 0 Å². The highest BCUT2D eigenvalue weighted by Gasteiger charge is 2.31. The molecule has 0 amide bonds. The number of rotatable bonds is 6. The average Bonchev–Trinajstić information content (AvgIpc) is 2.64. The number of carbonyl (C=O) groups is 1. The highest BCUT2D eigenvalue weighted by molar-refractivity contribution is 7.98. The minimum absolute atomic E-state index is 0.579. The van der Waals surface area contributed by atoms with Crippen LogP contribution in [0.3, 0.4) is 0 Å². The molecule has 0 radical (unpaired) electrons. The molecule has 1 aromatic heterocycles. The maximum Gasteiger partial charge on any atom is 0.325 e. The largest absolute Gasteiger partial charge is 0.480 e. The summed E-state index contributed by atoms with van der Waals surface area (Å²) in [6, 6.07) is 11.3. The van der Waals surface area contributed by atoms with Gasteiger partial charge in [0.1, 0.15) is 6.04 Å². The van der Waals surface area contributed by atoms with Gasteiger partial charge in [0.25, 0.3) is 0 Å². The van der Waals surface area contributed by atoms with Crippen LogP contribution in [0.5, 0.6) is 0 Å². The van der Waals surface area contributed by atoms with Crippen LogP contribution in [0.25, 0.3) is 0 Å². The number of carboxylic acid groups (broad SMARTS) is 1. The molecule has 1 aliphatic heterocycles. The Morgan fingerprint density at radius 2 is 1.96 bits per heavy atom. The molecule has 5 nitrogen and oxygen atoms in total. The van der Waals surface area contributed by atoms with Crippen molar-refractivity contribution in [3.8, 4) is 0 Å². The first-order valence-electron chi connectivity index (χ1n) is 8.40. The van der Waals surface area contributed by atoms with Crippen LogP contribution in [0.2, 0.25) is 0 Å². The number of piperazine rings is 1. The number of carboxylic acids is 1. The Kier molecular flexibility index (Phi) is 6.07. The minimum atomic E-state index is -0.776. The minimum Gasteiger partial charge on any atom is -0.480 e. The van der Waals surface area contributed by atoms with Crippen LogP contribution >= 0.6 is 11.8 Å². The fraction of sp³-hybridized carbons (Fsp3) is 0.368. The van der Waals surface area contributed by atoms with Gasteiger partial charge in [-0.25, -0.2) is 0 Å².